The summed E-state index contributed by atoms with van der Waals surface area (Å²) in [5, 5.41) is 0.636. The van der Waals surface area contributed by atoms with Crippen molar-refractivity contribution in [3.63, 3.8) is 0 Å². The van der Waals surface area contributed by atoms with E-state index in [9.17, 15) is 18.0 Å². The summed E-state index contributed by atoms with van der Waals surface area (Å²) < 4.78 is 42.1. The van der Waals surface area contributed by atoms with E-state index in [0.29, 0.717) is 11.3 Å². The minimum absolute atomic E-state index is 0.0828. The molecule has 2 heterocycles. The molecule has 0 fully saturated rings. The Morgan fingerprint density at radius 1 is 1.37 bits per heavy atom. The molecule has 2 aromatic heterocycles. The summed E-state index contributed by atoms with van der Waals surface area (Å²) >= 11 is 0.688. The smallest absolute Gasteiger partial charge is 0.429 e. The third-order valence-corrected chi connectivity index (χ3v) is 2.69. The first kappa shape index (κ1) is 13.3. The summed E-state index contributed by atoms with van der Waals surface area (Å²) in [6, 6.07) is 1.27. The topological polar surface area (TPSA) is 78.1 Å². The normalized spacial score (nSPS) is 11.3. The molecule has 5 nitrogen and oxygen atoms in total. The number of amides is 1. The van der Waals surface area contributed by atoms with Gasteiger partial charge in [0.15, 0.2) is 5.69 Å². The maximum atomic E-state index is 12.3. The summed E-state index contributed by atoms with van der Waals surface area (Å²) in [7, 11) is 0. The highest BCUT2D eigenvalue weighted by atomic mass is 32.1. The van der Waals surface area contributed by atoms with Gasteiger partial charge in [0.05, 0.1) is 11.8 Å². The second-order valence-electron chi connectivity index (χ2n) is 3.37. The fraction of sp³-hybridized carbons (Fsp3) is 0.100. The number of alkyl halides is 3. The molecule has 0 radical (unpaired) electrons. The van der Waals surface area contributed by atoms with E-state index in [1.54, 1.807) is 0 Å². The standard InChI is InChI=1S/C10H6F3N3O2S/c11-10(12,13)7-4-19-9(16-7)18-6-1-5(8(14)17)2-15-3-6/h1-4H,(H2,14,17). The summed E-state index contributed by atoms with van der Waals surface area (Å²) in [4.78, 5) is 17.9. The highest BCUT2D eigenvalue weighted by molar-refractivity contribution is 7.11. The first-order valence-electron chi connectivity index (χ1n) is 4.81. The van der Waals surface area contributed by atoms with Gasteiger partial charge in [-0.2, -0.15) is 18.2 Å². The molecule has 0 saturated heterocycles. The predicted molar refractivity (Wildman–Crippen MR) is 59.9 cm³/mol. The van der Waals surface area contributed by atoms with Gasteiger partial charge in [-0.3, -0.25) is 9.78 Å². The molecule has 2 aromatic rings. The zero-order valence-electron chi connectivity index (χ0n) is 9.14. The van der Waals surface area contributed by atoms with Crippen molar-refractivity contribution >= 4 is 17.2 Å². The number of nitrogens with two attached hydrogens (primary N) is 1. The second kappa shape index (κ2) is 4.84. The van der Waals surface area contributed by atoms with E-state index in [1.807, 2.05) is 0 Å². The highest BCUT2D eigenvalue weighted by Crippen LogP contribution is 2.34. The van der Waals surface area contributed by atoms with Crippen molar-refractivity contribution in [3.05, 3.63) is 35.1 Å². The SMILES string of the molecule is NC(=O)c1cncc(Oc2nc(C(F)(F)F)cs2)c1. The molecule has 0 unspecified atom stereocenters. The van der Waals surface area contributed by atoms with Gasteiger partial charge < -0.3 is 10.5 Å². The number of hydrogen-bond acceptors (Lipinski definition) is 5. The van der Waals surface area contributed by atoms with Crippen molar-refractivity contribution in [1.29, 1.82) is 0 Å². The Labute approximate surface area is 108 Å². The second-order valence-corrected chi connectivity index (χ2v) is 4.19. The van der Waals surface area contributed by atoms with Crippen LogP contribution in [0.4, 0.5) is 13.2 Å². The molecule has 0 aliphatic heterocycles. The average molecular weight is 289 g/mol. The van der Waals surface area contributed by atoms with Crippen molar-refractivity contribution in [2.45, 2.75) is 6.18 Å². The Morgan fingerprint density at radius 3 is 2.68 bits per heavy atom. The minimum atomic E-state index is -4.52. The summed E-state index contributed by atoms with van der Waals surface area (Å²) in [5.74, 6) is -0.632. The van der Waals surface area contributed by atoms with Crippen LogP contribution < -0.4 is 10.5 Å². The van der Waals surface area contributed by atoms with Crippen molar-refractivity contribution in [3.8, 4) is 10.9 Å². The molecule has 19 heavy (non-hydrogen) atoms. The van der Waals surface area contributed by atoms with Crippen molar-refractivity contribution in [2.75, 3.05) is 0 Å². The van der Waals surface area contributed by atoms with Crippen molar-refractivity contribution in [2.24, 2.45) is 5.73 Å². The summed E-state index contributed by atoms with van der Waals surface area (Å²) in [5.41, 5.74) is 4.09. The predicted octanol–water partition coefficient (Wildman–Crippen LogP) is 2.45. The number of nitrogens with zero attached hydrogens (tertiary/aromatic N) is 2. The molecule has 0 atom stereocenters. The fourth-order valence-corrected chi connectivity index (χ4v) is 1.84. The zero-order chi connectivity index (χ0) is 14.0. The molecule has 0 bridgehead atoms. The summed E-state index contributed by atoms with van der Waals surface area (Å²) in [6.07, 6.45) is -2.06. The Hall–Kier alpha value is -2.16. The van der Waals surface area contributed by atoms with Gasteiger partial charge in [0.2, 0.25) is 5.91 Å². The van der Waals surface area contributed by atoms with Gasteiger partial charge in [-0.05, 0) is 6.07 Å². The lowest BCUT2D eigenvalue weighted by Crippen LogP contribution is -2.11. The lowest BCUT2D eigenvalue weighted by atomic mass is 10.3. The van der Waals surface area contributed by atoms with E-state index in [4.69, 9.17) is 10.5 Å². The molecular formula is C10H6F3N3O2S. The quantitative estimate of drug-likeness (QED) is 0.941. The van der Waals surface area contributed by atoms with Crippen molar-refractivity contribution in [1.82, 2.24) is 9.97 Å². The molecule has 9 heteroatoms. The molecule has 0 aliphatic carbocycles. The van der Waals surface area contributed by atoms with Crippen LogP contribution in [0, 0.1) is 0 Å². The maximum Gasteiger partial charge on any atom is 0.434 e. The molecule has 0 aromatic carbocycles. The summed E-state index contributed by atoms with van der Waals surface area (Å²) in [6.45, 7) is 0. The third kappa shape index (κ3) is 3.19. The molecule has 2 rings (SSSR count). The Bertz CT molecular complexity index is 612. The van der Waals surface area contributed by atoms with Crippen LogP contribution in [0.3, 0.4) is 0 Å². The van der Waals surface area contributed by atoms with Gasteiger partial charge >= 0.3 is 6.18 Å². The minimum Gasteiger partial charge on any atom is -0.429 e. The largest absolute Gasteiger partial charge is 0.434 e. The number of ether oxygens (including phenoxy) is 1. The van der Waals surface area contributed by atoms with Gasteiger partial charge in [0, 0.05) is 11.6 Å². The number of carbonyl (C=O) groups is 1. The van der Waals surface area contributed by atoms with Crippen LogP contribution in [0.1, 0.15) is 16.1 Å². The van der Waals surface area contributed by atoms with E-state index in [2.05, 4.69) is 9.97 Å². The number of hydrogen-bond donors (Lipinski definition) is 1. The molecule has 2 N–H and O–H groups in total. The van der Waals surface area contributed by atoms with Crippen LogP contribution in [-0.4, -0.2) is 15.9 Å². The van der Waals surface area contributed by atoms with Crippen LogP contribution >= 0.6 is 11.3 Å². The lowest BCUT2D eigenvalue weighted by Gasteiger charge is -2.03. The Morgan fingerprint density at radius 2 is 2.11 bits per heavy atom. The molecular weight excluding hydrogens is 283 g/mol. The number of pyridine rings is 1. The van der Waals surface area contributed by atoms with Gasteiger partial charge in [-0.15, -0.1) is 0 Å². The fourth-order valence-electron chi connectivity index (χ4n) is 1.14. The van der Waals surface area contributed by atoms with Crippen LogP contribution in [0.25, 0.3) is 0 Å². The third-order valence-electron chi connectivity index (χ3n) is 1.98. The highest BCUT2D eigenvalue weighted by Gasteiger charge is 2.34. The van der Waals surface area contributed by atoms with E-state index in [-0.39, 0.29) is 16.5 Å². The van der Waals surface area contributed by atoms with Crippen LogP contribution in [0.2, 0.25) is 0 Å². The zero-order valence-corrected chi connectivity index (χ0v) is 9.96. The van der Waals surface area contributed by atoms with Gasteiger partial charge in [0.1, 0.15) is 5.75 Å². The van der Waals surface area contributed by atoms with Crippen molar-refractivity contribution < 1.29 is 22.7 Å². The molecule has 0 saturated carbocycles. The van der Waals surface area contributed by atoms with E-state index < -0.39 is 17.8 Å². The Kier molecular flexibility index (Phi) is 3.38. The number of primary amides is 1. The van der Waals surface area contributed by atoms with Gasteiger partial charge in [-0.1, -0.05) is 11.3 Å². The first-order valence-corrected chi connectivity index (χ1v) is 5.69. The van der Waals surface area contributed by atoms with Crippen LogP contribution in [0.15, 0.2) is 23.8 Å². The molecule has 1 amide bonds. The number of thiazole rings is 1. The maximum absolute atomic E-state index is 12.3. The number of aromatic nitrogens is 2. The Balaban J connectivity index is 2.19. The number of halogens is 3. The molecule has 0 spiro atoms. The average Bonchev–Trinajstić information content (AvgIpc) is 2.77. The van der Waals surface area contributed by atoms with E-state index >= 15 is 0 Å². The number of carbonyl (C=O) groups excluding carboxylic acids is 1. The van der Waals surface area contributed by atoms with E-state index in [1.165, 1.54) is 18.5 Å². The van der Waals surface area contributed by atoms with E-state index in [0.717, 1.165) is 5.38 Å². The molecule has 0 aliphatic rings. The van der Waals surface area contributed by atoms with Gasteiger partial charge in [-0.25, -0.2) is 0 Å². The first-order chi connectivity index (χ1) is 8.86. The van der Waals surface area contributed by atoms with Crippen LogP contribution in [0.5, 0.6) is 10.9 Å². The van der Waals surface area contributed by atoms with Crippen LogP contribution in [-0.2, 0) is 6.18 Å². The number of rotatable bonds is 3. The monoisotopic (exact) mass is 289 g/mol. The molecule has 100 valence electrons. The lowest BCUT2D eigenvalue weighted by molar-refractivity contribution is -0.140. The van der Waals surface area contributed by atoms with Gasteiger partial charge in [0.25, 0.3) is 5.19 Å².